The van der Waals surface area contributed by atoms with Crippen LogP contribution in [0.25, 0.3) is 0 Å². The normalized spacial score (nSPS) is 22.7. The number of urea groups is 1. The van der Waals surface area contributed by atoms with Gasteiger partial charge in [0.15, 0.2) is 12.2 Å². The molecule has 11 heteroatoms. The van der Waals surface area contributed by atoms with Gasteiger partial charge in [-0.05, 0) is 24.6 Å². The maximum Gasteiger partial charge on any atom is 0.328 e. The number of hydrogen-bond acceptors (Lipinski definition) is 7. The molecule has 3 amide bonds. The van der Waals surface area contributed by atoms with Crippen LogP contribution in [-0.2, 0) is 16.1 Å². The lowest BCUT2D eigenvalue weighted by Gasteiger charge is -2.40. The number of halogens is 2. The van der Waals surface area contributed by atoms with Crippen molar-refractivity contribution >= 4 is 41.1 Å². The number of imide groups is 1. The zero-order valence-corrected chi connectivity index (χ0v) is 18.7. The van der Waals surface area contributed by atoms with Crippen molar-refractivity contribution in [2.75, 3.05) is 33.4 Å². The first-order valence-electron chi connectivity index (χ1n) is 9.86. The van der Waals surface area contributed by atoms with Gasteiger partial charge in [-0.2, -0.15) is 0 Å². The Balaban J connectivity index is 1.54. The molecule has 1 aromatic rings. The molecule has 3 heterocycles. The number of hydrogen-bond donors (Lipinski definition) is 1. The Bertz CT molecular complexity index is 969. The molecule has 4 rings (SSSR count). The van der Waals surface area contributed by atoms with Crippen LogP contribution in [0, 0.1) is 0 Å². The van der Waals surface area contributed by atoms with Crippen molar-refractivity contribution in [3.8, 4) is 0 Å². The van der Waals surface area contributed by atoms with Crippen LogP contribution in [0.2, 0.25) is 10.0 Å². The Labute approximate surface area is 190 Å². The van der Waals surface area contributed by atoms with Crippen LogP contribution < -0.4 is 0 Å². The third-order valence-corrected chi connectivity index (χ3v) is 6.26. The Morgan fingerprint density at radius 1 is 1.16 bits per heavy atom. The number of amides is 3. The van der Waals surface area contributed by atoms with Crippen LogP contribution in [0.1, 0.15) is 12.5 Å². The van der Waals surface area contributed by atoms with Gasteiger partial charge >= 0.3 is 6.03 Å². The lowest BCUT2D eigenvalue weighted by molar-refractivity contribution is -0.137. The van der Waals surface area contributed by atoms with E-state index in [4.69, 9.17) is 33.0 Å². The number of aliphatic hydroxyl groups is 1. The highest BCUT2D eigenvalue weighted by Crippen LogP contribution is 2.34. The number of carbonyl (C=O) groups is 2. The van der Waals surface area contributed by atoms with E-state index in [9.17, 15) is 9.59 Å². The fraction of sp³-hybridized carbons (Fsp3) is 0.450. The molecule has 1 saturated heterocycles. The van der Waals surface area contributed by atoms with Gasteiger partial charge in [-0.25, -0.2) is 9.79 Å². The highest BCUT2D eigenvalue weighted by Gasteiger charge is 2.54. The highest BCUT2D eigenvalue weighted by atomic mass is 35.5. The standard InChI is InChI=1S/C20H23Cl2N5O4/c1-12-10-26-16-17(23-19(26)25(12)5-7-31-8-6-28)24(2)20(30)27(18(16)29)11-13-3-4-14(21)15(22)9-13/h3-4,9-10,16-17,28H,5-8,11H2,1-2H3. The van der Waals surface area contributed by atoms with Gasteiger partial charge in [-0.1, -0.05) is 29.3 Å². The predicted molar refractivity (Wildman–Crippen MR) is 115 cm³/mol. The van der Waals surface area contributed by atoms with Crippen LogP contribution in [-0.4, -0.2) is 88.2 Å². The van der Waals surface area contributed by atoms with E-state index < -0.39 is 18.2 Å². The molecule has 1 aromatic carbocycles. The minimum atomic E-state index is -0.640. The Hall–Kier alpha value is -2.33. The van der Waals surface area contributed by atoms with Gasteiger partial charge in [-0.3, -0.25) is 9.69 Å². The second-order valence-electron chi connectivity index (χ2n) is 7.52. The van der Waals surface area contributed by atoms with Crippen molar-refractivity contribution in [3.05, 3.63) is 45.7 Å². The second kappa shape index (κ2) is 8.66. The smallest absolute Gasteiger partial charge is 0.328 e. The maximum atomic E-state index is 13.4. The van der Waals surface area contributed by atoms with E-state index in [1.165, 1.54) is 9.80 Å². The molecule has 0 saturated carbocycles. The molecule has 2 unspecified atom stereocenters. The summed E-state index contributed by atoms with van der Waals surface area (Å²) in [5, 5.41) is 9.64. The van der Waals surface area contributed by atoms with Crippen LogP contribution >= 0.6 is 23.2 Å². The Kier molecular flexibility index (Phi) is 6.11. The topological polar surface area (TPSA) is 88.9 Å². The van der Waals surface area contributed by atoms with Crippen LogP contribution in [0.3, 0.4) is 0 Å². The van der Waals surface area contributed by atoms with E-state index in [1.54, 1.807) is 25.2 Å². The van der Waals surface area contributed by atoms with Crippen molar-refractivity contribution < 1.29 is 19.4 Å². The molecule has 31 heavy (non-hydrogen) atoms. The highest BCUT2D eigenvalue weighted by molar-refractivity contribution is 6.42. The van der Waals surface area contributed by atoms with Gasteiger partial charge in [0, 0.05) is 25.5 Å². The van der Waals surface area contributed by atoms with E-state index in [0.29, 0.717) is 34.7 Å². The number of fused-ring (bicyclic) bond motifs is 3. The van der Waals surface area contributed by atoms with Crippen molar-refractivity contribution in [1.82, 2.24) is 19.6 Å². The monoisotopic (exact) mass is 467 g/mol. The summed E-state index contributed by atoms with van der Waals surface area (Å²) in [6.07, 6.45) is 1.26. The molecule has 9 nitrogen and oxygen atoms in total. The third kappa shape index (κ3) is 3.87. The zero-order valence-electron chi connectivity index (χ0n) is 17.2. The van der Waals surface area contributed by atoms with Gasteiger partial charge < -0.3 is 24.5 Å². The zero-order chi connectivity index (χ0) is 22.3. The maximum absolute atomic E-state index is 13.4. The number of benzene rings is 1. The summed E-state index contributed by atoms with van der Waals surface area (Å²) in [6.45, 7) is 3.17. The number of aliphatic hydroxyl groups excluding tert-OH is 1. The van der Waals surface area contributed by atoms with Gasteiger partial charge in [0.25, 0.3) is 5.91 Å². The molecule has 3 aliphatic heterocycles. The molecular weight excluding hydrogens is 445 g/mol. The molecule has 0 aromatic heterocycles. The van der Waals surface area contributed by atoms with E-state index >= 15 is 0 Å². The second-order valence-corrected chi connectivity index (χ2v) is 8.33. The minimum absolute atomic E-state index is 0.0396. The number of aliphatic imine (C=N–C) groups is 1. The molecule has 0 radical (unpaired) electrons. The number of ether oxygens (including phenoxy) is 1. The van der Waals surface area contributed by atoms with Crippen molar-refractivity contribution in [2.24, 2.45) is 4.99 Å². The molecule has 2 atom stereocenters. The fourth-order valence-corrected chi connectivity index (χ4v) is 4.29. The number of likely N-dealkylation sites (N-methyl/N-ethyl adjacent to an activating group) is 1. The average Bonchev–Trinajstić information content (AvgIpc) is 3.25. The summed E-state index contributed by atoms with van der Waals surface area (Å²) in [7, 11) is 1.64. The van der Waals surface area contributed by atoms with Crippen molar-refractivity contribution in [2.45, 2.75) is 25.7 Å². The molecule has 1 N–H and O–H groups in total. The quantitative estimate of drug-likeness (QED) is 0.616. The van der Waals surface area contributed by atoms with Gasteiger partial charge in [0.1, 0.15) is 0 Å². The number of nitrogens with zero attached hydrogens (tertiary/aromatic N) is 5. The van der Waals surface area contributed by atoms with E-state index in [1.807, 2.05) is 22.9 Å². The first-order chi connectivity index (χ1) is 14.8. The molecule has 166 valence electrons. The molecule has 0 spiro atoms. The summed E-state index contributed by atoms with van der Waals surface area (Å²) in [5.41, 5.74) is 1.63. The van der Waals surface area contributed by atoms with Crippen LogP contribution in [0.4, 0.5) is 4.79 Å². The van der Waals surface area contributed by atoms with E-state index in [2.05, 4.69) is 4.99 Å². The predicted octanol–water partition coefficient (Wildman–Crippen LogP) is 1.94. The lowest BCUT2D eigenvalue weighted by Crippen LogP contribution is -2.63. The van der Waals surface area contributed by atoms with E-state index in [0.717, 1.165) is 5.70 Å². The van der Waals surface area contributed by atoms with Crippen molar-refractivity contribution in [1.29, 1.82) is 0 Å². The number of carbonyl (C=O) groups excluding carboxylic acids is 2. The molecule has 0 bridgehead atoms. The summed E-state index contributed by atoms with van der Waals surface area (Å²) in [5.74, 6) is 0.296. The average molecular weight is 468 g/mol. The molecular formula is C20H23Cl2N5O4. The Morgan fingerprint density at radius 2 is 1.94 bits per heavy atom. The van der Waals surface area contributed by atoms with Crippen molar-refractivity contribution in [3.63, 3.8) is 0 Å². The first-order valence-corrected chi connectivity index (χ1v) is 10.6. The van der Waals surface area contributed by atoms with E-state index in [-0.39, 0.29) is 25.7 Å². The third-order valence-electron chi connectivity index (χ3n) is 5.52. The number of guanidine groups is 1. The number of allylic oxidation sites excluding steroid dienone is 1. The number of rotatable bonds is 7. The first kappa shape index (κ1) is 21.9. The van der Waals surface area contributed by atoms with Gasteiger partial charge in [-0.15, -0.1) is 0 Å². The summed E-state index contributed by atoms with van der Waals surface area (Å²) in [6, 6.07) is 3.98. The fourth-order valence-electron chi connectivity index (χ4n) is 3.97. The summed E-state index contributed by atoms with van der Waals surface area (Å²) in [4.78, 5) is 37.5. The SMILES string of the molecule is CC1=CN2C(=NC3C2C(=O)N(Cc2ccc(Cl)c(Cl)c2)C(=O)N3C)N1CCOCCO. The molecule has 0 aliphatic carbocycles. The summed E-state index contributed by atoms with van der Waals surface area (Å²) >= 11 is 12.1. The molecule has 1 fully saturated rings. The lowest BCUT2D eigenvalue weighted by atomic mass is 10.1. The van der Waals surface area contributed by atoms with Crippen LogP contribution in [0.5, 0.6) is 0 Å². The van der Waals surface area contributed by atoms with Gasteiger partial charge in [0.2, 0.25) is 5.96 Å². The molecule has 3 aliphatic rings. The largest absolute Gasteiger partial charge is 0.394 e. The summed E-state index contributed by atoms with van der Waals surface area (Å²) < 4.78 is 5.37. The minimum Gasteiger partial charge on any atom is -0.394 e. The van der Waals surface area contributed by atoms with Crippen LogP contribution in [0.15, 0.2) is 35.1 Å². The Morgan fingerprint density at radius 3 is 2.65 bits per heavy atom. The van der Waals surface area contributed by atoms with Gasteiger partial charge in [0.05, 0.1) is 36.4 Å².